The third-order valence-corrected chi connectivity index (χ3v) is 2.58. The van der Waals surface area contributed by atoms with Crippen molar-refractivity contribution in [1.82, 2.24) is 0 Å². The molecule has 1 nitrogen and oxygen atoms in total. The maximum absolute atomic E-state index is 9.00. The quantitative estimate of drug-likeness (QED) is 0.630. The zero-order valence-corrected chi connectivity index (χ0v) is 8.14. The molecule has 0 aliphatic rings. The molecule has 0 saturated heterocycles. The highest BCUT2D eigenvalue weighted by Gasteiger charge is 2.12. The SMILES string of the molecule is CCCCC(C)[C@@H](CC)CO. The van der Waals surface area contributed by atoms with Crippen LogP contribution in [-0.4, -0.2) is 11.7 Å². The average molecular weight is 158 g/mol. The fraction of sp³-hybridized carbons (Fsp3) is 1.00. The molecule has 0 radical (unpaired) electrons. The first kappa shape index (κ1) is 11.0. The number of aliphatic hydroxyl groups excluding tert-OH is 1. The molecular weight excluding hydrogens is 136 g/mol. The molecule has 2 atom stereocenters. The number of hydrogen-bond donors (Lipinski definition) is 1. The predicted octanol–water partition coefficient (Wildman–Crippen LogP) is 2.83. The van der Waals surface area contributed by atoms with Gasteiger partial charge >= 0.3 is 0 Å². The van der Waals surface area contributed by atoms with Gasteiger partial charge in [0.05, 0.1) is 0 Å². The van der Waals surface area contributed by atoms with Crippen LogP contribution in [0.15, 0.2) is 0 Å². The van der Waals surface area contributed by atoms with Crippen LogP contribution in [0.3, 0.4) is 0 Å². The number of rotatable bonds is 6. The van der Waals surface area contributed by atoms with Gasteiger partial charge in [0.15, 0.2) is 0 Å². The Bertz CT molecular complexity index is 76.9. The van der Waals surface area contributed by atoms with Gasteiger partial charge in [-0.3, -0.25) is 0 Å². The fourth-order valence-electron chi connectivity index (χ4n) is 1.47. The van der Waals surface area contributed by atoms with E-state index in [2.05, 4.69) is 20.8 Å². The van der Waals surface area contributed by atoms with Crippen LogP contribution in [-0.2, 0) is 0 Å². The summed E-state index contributed by atoms with van der Waals surface area (Å²) in [5.74, 6) is 1.23. The van der Waals surface area contributed by atoms with E-state index in [9.17, 15) is 0 Å². The van der Waals surface area contributed by atoms with Crippen molar-refractivity contribution < 1.29 is 5.11 Å². The Balaban J connectivity index is 3.51. The van der Waals surface area contributed by atoms with Gasteiger partial charge in [-0.05, 0) is 11.8 Å². The fourth-order valence-corrected chi connectivity index (χ4v) is 1.47. The number of hydrogen-bond acceptors (Lipinski definition) is 1. The van der Waals surface area contributed by atoms with E-state index in [4.69, 9.17) is 5.11 Å². The lowest BCUT2D eigenvalue weighted by atomic mass is 9.88. The second kappa shape index (κ2) is 6.66. The highest BCUT2D eigenvalue weighted by molar-refractivity contribution is 4.63. The molecule has 0 aliphatic heterocycles. The van der Waals surface area contributed by atoms with Crippen LogP contribution in [0.25, 0.3) is 0 Å². The predicted molar refractivity (Wildman–Crippen MR) is 49.6 cm³/mol. The third-order valence-electron chi connectivity index (χ3n) is 2.58. The summed E-state index contributed by atoms with van der Waals surface area (Å²) in [7, 11) is 0. The smallest absolute Gasteiger partial charge is 0.0461 e. The molecular formula is C10H22O. The molecule has 0 amide bonds. The summed E-state index contributed by atoms with van der Waals surface area (Å²) in [5, 5.41) is 9.00. The first-order valence-corrected chi connectivity index (χ1v) is 4.87. The van der Waals surface area contributed by atoms with Crippen LogP contribution < -0.4 is 0 Å². The van der Waals surface area contributed by atoms with E-state index < -0.39 is 0 Å². The normalized spacial score (nSPS) is 16.4. The summed E-state index contributed by atoms with van der Waals surface area (Å²) in [5.41, 5.74) is 0. The van der Waals surface area contributed by atoms with Gasteiger partial charge in [0.2, 0.25) is 0 Å². The van der Waals surface area contributed by atoms with Gasteiger partial charge in [0, 0.05) is 6.61 Å². The van der Waals surface area contributed by atoms with Crippen LogP contribution >= 0.6 is 0 Å². The molecule has 1 N–H and O–H groups in total. The van der Waals surface area contributed by atoms with Crippen molar-refractivity contribution in [3.8, 4) is 0 Å². The zero-order chi connectivity index (χ0) is 8.69. The van der Waals surface area contributed by atoms with Crippen molar-refractivity contribution in [1.29, 1.82) is 0 Å². The summed E-state index contributed by atoms with van der Waals surface area (Å²) in [6.07, 6.45) is 4.96. The standard InChI is InChI=1S/C10H22O/c1-4-6-7-9(3)10(5-2)8-11/h9-11H,4-8H2,1-3H3/t9?,10-/m0/s1. The lowest BCUT2D eigenvalue weighted by molar-refractivity contribution is 0.171. The van der Waals surface area contributed by atoms with E-state index in [1.807, 2.05) is 0 Å². The first-order chi connectivity index (χ1) is 5.26. The van der Waals surface area contributed by atoms with Crippen LogP contribution in [0.1, 0.15) is 46.5 Å². The van der Waals surface area contributed by atoms with E-state index >= 15 is 0 Å². The minimum atomic E-state index is 0.362. The highest BCUT2D eigenvalue weighted by atomic mass is 16.3. The average Bonchev–Trinajstić information content (AvgIpc) is 2.03. The topological polar surface area (TPSA) is 20.2 Å². The summed E-state index contributed by atoms with van der Waals surface area (Å²) >= 11 is 0. The van der Waals surface area contributed by atoms with Crippen molar-refractivity contribution in [2.75, 3.05) is 6.61 Å². The Labute approximate surface area is 70.8 Å². The molecule has 11 heavy (non-hydrogen) atoms. The summed E-state index contributed by atoms with van der Waals surface area (Å²) in [6.45, 7) is 6.98. The maximum Gasteiger partial charge on any atom is 0.0461 e. The van der Waals surface area contributed by atoms with Gasteiger partial charge in [-0.1, -0.05) is 46.5 Å². The van der Waals surface area contributed by atoms with Crippen LogP contribution in [0.4, 0.5) is 0 Å². The molecule has 0 aromatic heterocycles. The van der Waals surface area contributed by atoms with Crippen molar-refractivity contribution in [3.05, 3.63) is 0 Å². The minimum Gasteiger partial charge on any atom is -0.396 e. The Hall–Kier alpha value is -0.0400. The van der Waals surface area contributed by atoms with Crippen LogP contribution in [0.5, 0.6) is 0 Å². The second-order valence-electron chi connectivity index (χ2n) is 3.47. The largest absolute Gasteiger partial charge is 0.396 e. The van der Waals surface area contributed by atoms with Gasteiger partial charge in [-0.2, -0.15) is 0 Å². The van der Waals surface area contributed by atoms with Crippen molar-refractivity contribution in [3.63, 3.8) is 0 Å². The monoisotopic (exact) mass is 158 g/mol. The van der Waals surface area contributed by atoms with E-state index in [1.165, 1.54) is 19.3 Å². The molecule has 0 saturated carbocycles. The van der Waals surface area contributed by atoms with Gasteiger partial charge in [-0.25, -0.2) is 0 Å². The van der Waals surface area contributed by atoms with Crippen LogP contribution in [0, 0.1) is 11.8 Å². The van der Waals surface area contributed by atoms with Crippen LogP contribution in [0.2, 0.25) is 0 Å². The Morgan fingerprint density at radius 2 is 1.91 bits per heavy atom. The first-order valence-electron chi connectivity index (χ1n) is 4.87. The summed E-state index contributed by atoms with van der Waals surface area (Å²) < 4.78 is 0. The number of aliphatic hydroxyl groups is 1. The zero-order valence-electron chi connectivity index (χ0n) is 8.14. The lowest BCUT2D eigenvalue weighted by Gasteiger charge is -2.19. The third kappa shape index (κ3) is 4.41. The molecule has 0 bridgehead atoms. The van der Waals surface area contributed by atoms with E-state index in [-0.39, 0.29) is 0 Å². The van der Waals surface area contributed by atoms with Gasteiger partial charge < -0.3 is 5.11 Å². The lowest BCUT2D eigenvalue weighted by Crippen LogP contribution is -2.14. The molecule has 0 heterocycles. The Morgan fingerprint density at radius 1 is 1.27 bits per heavy atom. The van der Waals surface area contributed by atoms with E-state index in [0.717, 1.165) is 6.42 Å². The molecule has 1 heteroatoms. The molecule has 0 aromatic rings. The molecule has 1 unspecified atom stereocenters. The van der Waals surface area contributed by atoms with Crippen molar-refractivity contribution >= 4 is 0 Å². The summed E-state index contributed by atoms with van der Waals surface area (Å²) in [4.78, 5) is 0. The molecule has 0 fully saturated rings. The number of unbranched alkanes of at least 4 members (excludes halogenated alkanes) is 1. The Morgan fingerprint density at radius 3 is 2.27 bits per heavy atom. The highest BCUT2D eigenvalue weighted by Crippen LogP contribution is 2.20. The molecule has 0 aromatic carbocycles. The van der Waals surface area contributed by atoms with E-state index in [0.29, 0.717) is 18.4 Å². The van der Waals surface area contributed by atoms with Gasteiger partial charge in [0.25, 0.3) is 0 Å². The summed E-state index contributed by atoms with van der Waals surface area (Å²) in [6, 6.07) is 0. The molecule has 0 aliphatic carbocycles. The molecule has 0 rings (SSSR count). The molecule has 68 valence electrons. The maximum atomic E-state index is 9.00. The second-order valence-corrected chi connectivity index (χ2v) is 3.47. The van der Waals surface area contributed by atoms with Gasteiger partial charge in [0.1, 0.15) is 0 Å². The van der Waals surface area contributed by atoms with Gasteiger partial charge in [-0.15, -0.1) is 0 Å². The minimum absolute atomic E-state index is 0.362. The van der Waals surface area contributed by atoms with E-state index in [1.54, 1.807) is 0 Å². The van der Waals surface area contributed by atoms with Crippen molar-refractivity contribution in [2.24, 2.45) is 11.8 Å². The van der Waals surface area contributed by atoms with Crippen molar-refractivity contribution in [2.45, 2.75) is 46.5 Å². The Kier molecular flexibility index (Phi) is 6.63. The molecule has 0 spiro atoms.